The van der Waals surface area contributed by atoms with E-state index in [4.69, 9.17) is 0 Å². The Hall–Kier alpha value is -1.97. The van der Waals surface area contributed by atoms with Crippen LogP contribution in [0.25, 0.3) is 16.7 Å². The SMILES string of the molecule is CC(C)C1CC(C=O)=C(n2nnc3ccccc32)[C@@]1(C)C(C)C. The fourth-order valence-corrected chi connectivity index (χ4v) is 4.20. The molecule has 1 aliphatic carbocycles. The molecule has 4 nitrogen and oxygen atoms in total. The number of carbonyl (C=O) groups excluding carboxylic acids is 1. The number of carbonyl (C=O) groups is 1. The van der Waals surface area contributed by atoms with E-state index >= 15 is 0 Å². The van der Waals surface area contributed by atoms with Gasteiger partial charge in [-0.2, -0.15) is 0 Å². The first kappa shape index (κ1) is 15.9. The molecule has 0 aliphatic heterocycles. The van der Waals surface area contributed by atoms with Gasteiger partial charge in [0.1, 0.15) is 11.8 Å². The van der Waals surface area contributed by atoms with Gasteiger partial charge in [-0.25, -0.2) is 4.68 Å². The Bertz CT molecular complexity index is 772. The van der Waals surface area contributed by atoms with Gasteiger partial charge in [0, 0.05) is 11.0 Å². The number of allylic oxidation sites excluding steroid dienone is 2. The number of aldehydes is 1. The number of nitrogens with zero attached hydrogens (tertiary/aromatic N) is 3. The highest BCUT2D eigenvalue weighted by molar-refractivity contribution is 5.89. The molecule has 0 saturated heterocycles. The van der Waals surface area contributed by atoms with Crippen LogP contribution in [0.5, 0.6) is 0 Å². The molecule has 0 N–H and O–H groups in total. The Morgan fingerprint density at radius 1 is 1.26 bits per heavy atom. The molecule has 1 aromatic heterocycles. The van der Waals surface area contributed by atoms with Gasteiger partial charge in [-0.15, -0.1) is 5.10 Å². The largest absolute Gasteiger partial charge is 0.298 e. The summed E-state index contributed by atoms with van der Waals surface area (Å²) in [4.78, 5) is 11.8. The molecule has 0 fully saturated rings. The number of hydrogen-bond acceptors (Lipinski definition) is 3. The highest BCUT2D eigenvalue weighted by Gasteiger charge is 2.49. The molecule has 1 heterocycles. The summed E-state index contributed by atoms with van der Waals surface area (Å²) >= 11 is 0. The molecule has 1 unspecified atom stereocenters. The molecule has 3 rings (SSSR count). The Kier molecular flexibility index (Phi) is 3.86. The Balaban J connectivity index is 2.27. The topological polar surface area (TPSA) is 47.8 Å². The van der Waals surface area contributed by atoms with E-state index in [1.54, 1.807) is 0 Å². The van der Waals surface area contributed by atoms with E-state index in [2.05, 4.69) is 44.9 Å². The van der Waals surface area contributed by atoms with Gasteiger partial charge in [-0.3, -0.25) is 4.79 Å². The zero-order valence-corrected chi connectivity index (χ0v) is 14.6. The highest BCUT2D eigenvalue weighted by Crippen LogP contribution is 2.56. The van der Waals surface area contributed by atoms with Crippen LogP contribution < -0.4 is 0 Å². The van der Waals surface area contributed by atoms with Crippen molar-refractivity contribution in [2.24, 2.45) is 23.2 Å². The summed E-state index contributed by atoms with van der Waals surface area (Å²) in [6.07, 6.45) is 1.84. The molecule has 0 amide bonds. The van der Waals surface area contributed by atoms with Crippen LogP contribution in [0.1, 0.15) is 41.0 Å². The van der Waals surface area contributed by atoms with Gasteiger partial charge in [0.2, 0.25) is 0 Å². The summed E-state index contributed by atoms with van der Waals surface area (Å²) in [5.41, 5.74) is 3.65. The number of para-hydroxylation sites is 1. The van der Waals surface area contributed by atoms with Gasteiger partial charge in [-0.1, -0.05) is 52.0 Å². The maximum atomic E-state index is 11.8. The van der Waals surface area contributed by atoms with Crippen molar-refractivity contribution >= 4 is 23.0 Å². The third kappa shape index (κ3) is 2.23. The van der Waals surface area contributed by atoms with E-state index in [0.717, 1.165) is 35.0 Å². The van der Waals surface area contributed by atoms with Gasteiger partial charge >= 0.3 is 0 Å². The molecule has 23 heavy (non-hydrogen) atoms. The van der Waals surface area contributed by atoms with Gasteiger partial charge in [0.25, 0.3) is 0 Å². The smallest absolute Gasteiger partial charge is 0.147 e. The molecular weight excluding hydrogens is 286 g/mol. The maximum Gasteiger partial charge on any atom is 0.147 e. The molecule has 2 atom stereocenters. The molecule has 0 spiro atoms. The van der Waals surface area contributed by atoms with E-state index in [1.807, 2.05) is 28.9 Å². The molecule has 0 saturated carbocycles. The van der Waals surface area contributed by atoms with Crippen LogP contribution in [0.2, 0.25) is 0 Å². The van der Waals surface area contributed by atoms with Crippen molar-refractivity contribution in [3.63, 3.8) is 0 Å². The minimum absolute atomic E-state index is 0.0963. The van der Waals surface area contributed by atoms with Gasteiger partial charge in [0.05, 0.1) is 11.2 Å². The highest BCUT2D eigenvalue weighted by atomic mass is 16.1. The van der Waals surface area contributed by atoms with Crippen LogP contribution in [-0.2, 0) is 4.79 Å². The second-order valence-corrected chi connectivity index (χ2v) is 7.47. The van der Waals surface area contributed by atoms with Crippen LogP contribution in [0.4, 0.5) is 0 Å². The first-order valence-electron chi connectivity index (χ1n) is 8.40. The maximum absolute atomic E-state index is 11.8. The second kappa shape index (κ2) is 5.59. The van der Waals surface area contributed by atoms with Crippen LogP contribution >= 0.6 is 0 Å². The lowest BCUT2D eigenvalue weighted by Crippen LogP contribution is -2.35. The number of fused-ring (bicyclic) bond motifs is 1. The van der Waals surface area contributed by atoms with Crippen molar-refractivity contribution in [3.05, 3.63) is 29.8 Å². The van der Waals surface area contributed by atoms with Crippen molar-refractivity contribution in [3.8, 4) is 0 Å². The second-order valence-electron chi connectivity index (χ2n) is 7.47. The van der Waals surface area contributed by atoms with E-state index in [0.29, 0.717) is 17.8 Å². The summed E-state index contributed by atoms with van der Waals surface area (Å²) < 4.78 is 1.90. The fraction of sp³-hybridized carbons (Fsp3) is 0.526. The van der Waals surface area contributed by atoms with Crippen molar-refractivity contribution in [1.29, 1.82) is 0 Å². The first-order chi connectivity index (χ1) is 10.9. The normalized spacial score (nSPS) is 25.1. The lowest BCUT2D eigenvalue weighted by molar-refractivity contribution is -0.105. The summed E-state index contributed by atoms with van der Waals surface area (Å²) in [7, 11) is 0. The number of rotatable bonds is 4. The predicted octanol–water partition coefficient (Wildman–Crippen LogP) is 4.18. The van der Waals surface area contributed by atoms with Gasteiger partial charge in [-0.05, 0) is 36.3 Å². The monoisotopic (exact) mass is 311 g/mol. The van der Waals surface area contributed by atoms with Gasteiger partial charge < -0.3 is 0 Å². The van der Waals surface area contributed by atoms with Crippen molar-refractivity contribution in [1.82, 2.24) is 15.0 Å². The number of aromatic nitrogens is 3. The van der Waals surface area contributed by atoms with Crippen LogP contribution in [0.15, 0.2) is 29.8 Å². The van der Waals surface area contributed by atoms with Crippen molar-refractivity contribution < 1.29 is 4.79 Å². The number of hydrogen-bond donors (Lipinski definition) is 0. The molecule has 0 bridgehead atoms. The minimum Gasteiger partial charge on any atom is -0.298 e. The van der Waals surface area contributed by atoms with Crippen molar-refractivity contribution in [2.45, 2.75) is 41.0 Å². The lowest BCUT2D eigenvalue weighted by atomic mass is 9.66. The van der Waals surface area contributed by atoms with Crippen molar-refractivity contribution in [2.75, 3.05) is 0 Å². The molecular formula is C19H25N3O. The minimum atomic E-state index is -0.0963. The predicted molar refractivity (Wildman–Crippen MR) is 92.7 cm³/mol. The standard InChI is InChI=1S/C19H25N3O/c1-12(2)15-10-14(11-23)18(19(15,5)13(3)4)22-17-9-7-6-8-16(17)20-21-22/h6-9,11-13,15H,10H2,1-5H3/t15?,19-/m0/s1. The molecule has 1 aromatic carbocycles. The quantitative estimate of drug-likeness (QED) is 0.796. The number of benzene rings is 1. The van der Waals surface area contributed by atoms with E-state index in [1.165, 1.54) is 0 Å². The lowest BCUT2D eigenvalue weighted by Gasteiger charge is -2.40. The molecule has 0 radical (unpaired) electrons. The average molecular weight is 311 g/mol. The summed E-state index contributed by atoms with van der Waals surface area (Å²) in [6.45, 7) is 11.3. The molecule has 122 valence electrons. The van der Waals surface area contributed by atoms with E-state index in [9.17, 15) is 4.79 Å². The summed E-state index contributed by atoms with van der Waals surface area (Å²) in [5.74, 6) is 1.34. The summed E-state index contributed by atoms with van der Waals surface area (Å²) in [6, 6.07) is 7.93. The third-order valence-corrected chi connectivity index (χ3v) is 5.73. The van der Waals surface area contributed by atoms with E-state index in [-0.39, 0.29) is 5.41 Å². The fourth-order valence-electron chi connectivity index (χ4n) is 4.20. The molecule has 1 aliphatic rings. The molecule has 4 heteroatoms. The Morgan fingerprint density at radius 3 is 2.57 bits per heavy atom. The van der Waals surface area contributed by atoms with Gasteiger partial charge in [0.15, 0.2) is 0 Å². The zero-order valence-electron chi connectivity index (χ0n) is 14.6. The summed E-state index contributed by atoms with van der Waals surface area (Å²) in [5, 5.41) is 8.69. The third-order valence-electron chi connectivity index (χ3n) is 5.73. The Labute approximate surface area is 137 Å². The van der Waals surface area contributed by atoms with Crippen LogP contribution in [0, 0.1) is 23.2 Å². The van der Waals surface area contributed by atoms with Crippen LogP contribution in [0.3, 0.4) is 0 Å². The average Bonchev–Trinajstić information content (AvgIpc) is 3.06. The zero-order chi connectivity index (χ0) is 16.8. The molecule has 2 aromatic rings. The first-order valence-corrected chi connectivity index (χ1v) is 8.40. The van der Waals surface area contributed by atoms with Crippen LogP contribution in [-0.4, -0.2) is 21.3 Å². The Morgan fingerprint density at radius 2 is 1.96 bits per heavy atom. The van der Waals surface area contributed by atoms with E-state index < -0.39 is 0 Å².